The first-order valence-electron chi connectivity index (χ1n) is 5.44. The van der Waals surface area contributed by atoms with E-state index in [1.165, 1.54) is 0 Å². The minimum atomic E-state index is -0.571. The molecule has 1 aliphatic rings. The molecule has 5 heteroatoms. The van der Waals surface area contributed by atoms with E-state index < -0.39 is 11.8 Å². The Morgan fingerprint density at radius 2 is 1.76 bits per heavy atom. The fourth-order valence-corrected chi connectivity index (χ4v) is 1.76. The molecule has 1 heterocycles. The molecule has 1 fully saturated rings. The fourth-order valence-electron chi connectivity index (χ4n) is 1.76. The van der Waals surface area contributed by atoms with Crippen molar-refractivity contribution in [3.63, 3.8) is 0 Å². The average molecular weight is 233 g/mol. The summed E-state index contributed by atoms with van der Waals surface area (Å²) >= 11 is 0. The summed E-state index contributed by atoms with van der Waals surface area (Å²) in [6, 6.07) is 7.74. The number of amides is 2. The smallest absolute Gasteiger partial charge is 0.309 e. The van der Waals surface area contributed by atoms with Gasteiger partial charge in [0.2, 0.25) is 0 Å². The van der Waals surface area contributed by atoms with Gasteiger partial charge in [0.05, 0.1) is 6.04 Å². The van der Waals surface area contributed by atoms with E-state index in [9.17, 15) is 9.59 Å². The van der Waals surface area contributed by atoms with Crippen LogP contribution in [0.5, 0.6) is 0 Å². The molecule has 0 aromatic heterocycles. The Bertz CT molecular complexity index is 440. The van der Waals surface area contributed by atoms with Gasteiger partial charge in [-0.05, 0) is 17.7 Å². The number of hydrogen-bond acceptors (Lipinski definition) is 3. The zero-order chi connectivity index (χ0) is 12.4. The number of anilines is 1. The predicted octanol–water partition coefficient (Wildman–Crippen LogP) is 0.0397. The number of rotatable bonds is 2. The maximum Gasteiger partial charge on any atom is 0.309 e. The monoisotopic (exact) mass is 233 g/mol. The van der Waals surface area contributed by atoms with Crippen LogP contribution in [0.25, 0.3) is 0 Å². The van der Waals surface area contributed by atoms with E-state index in [4.69, 9.17) is 0 Å². The molecule has 0 bridgehead atoms. The molecule has 0 spiro atoms. The molecule has 1 atom stereocenters. The van der Waals surface area contributed by atoms with Crippen molar-refractivity contribution in [2.75, 3.05) is 25.5 Å². The summed E-state index contributed by atoms with van der Waals surface area (Å²) in [7, 11) is 3.94. The summed E-state index contributed by atoms with van der Waals surface area (Å²) in [6.45, 7) is 0.436. The van der Waals surface area contributed by atoms with Crippen LogP contribution in [0.15, 0.2) is 24.3 Å². The van der Waals surface area contributed by atoms with Crippen LogP contribution in [0, 0.1) is 0 Å². The molecule has 2 amide bonds. The van der Waals surface area contributed by atoms with E-state index in [2.05, 4.69) is 10.6 Å². The van der Waals surface area contributed by atoms with Crippen LogP contribution >= 0.6 is 0 Å². The number of nitrogens with one attached hydrogen (secondary N) is 2. The molecule has 1 aromatic carbocycles. The van der Waals surface area contributed by atoms with Crippen LogP contribution in [-0.2, 0) is 9.59 Å². The zero-order valence-corrected chi connectivity index (χ0v) is 9.86. The highest BCUT2D eigenvalue weighted by Crippen LogP contribution is 2.18. The van der Waals surface area contributed by atoms with Gasteiger partial charge in [0, 0.05) is 26.3 Å². The van der Waals surface area contributed by atoms with E-state index in [-0.39, 0.29) is 6.04 Å². The standard InChI is InChI=1S/C12H15N3O2/c1-15(2)9-5-3-8(4-6-9)10-7-13-11(16)12(17)14-10/h3-6,10H,7H2,1-2H3,(H,13,16)(H,14,17). The van der Waals surface area contributed by atoms with Crippen LogP contribution in [0.1, 0.15) is 11.6 Å². The largest absolute Gasteiger partial charge is 0.378 e. The van der Waals surface area contributed by atoms with Crippen molar-refractivity contribution in [2.24, 2.45) is 0 Å². The molecule has 1 unspecified atom stereocenters. The van der Waals surface area contributed by atoms with Crippen LogP contribution < -0.4 is 15.5 Å². The Balaban J connectivity index is 2.12. The number of nitrogens with zero attached hydrogens (tertiary/aromatic N) is 1. The Hall–Kier alpha value is -2.04. The Morgan fingerprint density at radius 1 is 1.12 bits per heavy atom. The molecule has 1 aliphatic heterocycles. The fraction of sp³-hybridized carbons (Fsp3) is 0.333. The maximum absolute atomic E-state index is 11.2. The Kier molecular flexibility index (Phi) is 2.99. The highest BCUT2D eigenvalue weighted by molar-refractivity contribution is 6.35. The predicted molar refractivity (Wildman–Crippen MR) is 64.7 cm³/mol. The van der Waals surface area contributed by atoms with E-state index in [1.807, 2.05) is 43.3 Å². The Morgan fingerprint density at radius 3 is 2.29 bits per heavy atom. The summed E-state index contributed by atoms with van der Waals surface area (Å²) in [5.74, 6) is -1.14. The number of benzene rings is 1. The molecule has 0 saturated carbocycles. The van der Waals surface area contributed by atoms with Gasteiger partial charge in [-0.3, -0.25) is 9.59 Å². The third kappa shape index (κ3) is 2.38. The van der Waals surface area contributed by atoms with Crippen molar-refractivity contribution in [1.82, 2.24) is 10.6 Å². The lowest BCUT2D eigenvalue weighted by molar-refractivity contribution is -0.141. The van der Waals surface area contributed by atoms with Crippen molar-refractivity contribution < 1.29 is 9.59 Å². The lowest BCUT2D eigenvalue weighted by atomic mass is 10.0. The molecule has 1 saturated heterocycles. The third-order valence-electron chi connectivity index (χ3n) is 2.79. The van der Waals surface area contributed by atoms with Gasteiger partial charge in [0.25, 0.3) is 0 Å². The van der Waals surface area contributed by atoms with Gasteiger partial charge in [-0.15, -0.1) is 0 Å². The molecule has 2 rings (SSSR count). The van der Waals surface area contributed by atoms with Crippen LogP contribution in [0.3, 0.4) is 0 Å². The van der Waals surface area contributed by atoms with Gasteiger partial charge in [0.15, 0.2) is 0 Å². The first-order chi connectivity index (χ1) is 8.08. The van der Waals surface area contributed by atoms with Crippen LogP contribution in [-0.4, -0.2) is 32.5 Å². The van der Waals surface area contributed by atoms with Crippen LogP contribution in [0.4, 0.5) is 5.69 Å². The lowest BCUT2D eigenvalue weighted by Crippen LogP contribution is -2.51. The van der Waals surface area contributed by atoms with Gasteiger partial charge >= 0.3 is 11.8 Å². The summed E-state index contributed by atoms with van der Waals surface area (Å²) < 4.78 is 0. The first kappa shape index (κ1) is 11.4. The van der Waals surface area contributed by atoms with Crippen molar-refractivity contribution in [2.45, 2.75) is 6.04 Å². The second-order valence-electron chi connectivity index (χ2n) is 4.22. The SMILES string of the molecule is CN(C)c1ccc(C2CNC(=O)C(=O)N2)cc1. The molecular weight excluding hydrogens is 218 g/mol. The molecule has 5 nitrogen and oxygen atoms in total. The topological polar surface area (TPSA) is 61.4 Å². The number of carbonyl (C=O) groups is 2. The van der Waals surface area contributed by atoms with E-state index in [1.54, 1.807) is 0 Å². The van der Waals surface area contributed by atoms with Crippen LogP contribution in [0.2, 0.25) is 0 Å². The molecule has 17 heavy (non-hydrogen) atoms. The maximum atomic E-state index is 11.2. The van der Waals surface area contributed by atoms with Gasteiger partial charge in [-0.25, -0.2) is 0 Å². The molecule has 90 valence electrons. The lowest BCUT2D eigenvalue weighted by Gasteiger charge is -2.24. The van der Waals surface area contributed by atoms with E-state index in [0.29, 0.717) is 6.54 Å². The highest BCUT2D eigenvalue weighted by Gasteiger charge is 2.25. The highest BCUT2D eigenvalue weighted by atomic mass is 16.2. The summed E-state index contributed by atoms with van der Waals surface area (Å²) in [5.41, 5.74) is 2.09. The van der Waals surface area contributed by atoms with Crippen molar-refractivity contribution in [3.8, 4) is 0 Å². The van der Waals surface area contributed by atoms with Gasteiger partial charge in [-0.2, -0.15) is 0 Å². The summed E-state index contributed by atoms with van der Waals surface area (Å²) in [5, 5.41) is 5.22. The van der Waals surface area contributed by atoms with Gasteiger partial charge in [-0.1, -0.05) is 12.1 Å². The van der Waals surface area contributed by atoms with Gasteiger partial charge in [0.1, 0.15) is 0 Å². The minimum absolute atomic E-state index is 0.142. The quantitative estimate of drug-likeness (QED) is 0.709. The third-order valence-corrected chi connectivity index (χ3v) is 2.79. The number of hydrogen-bond donors (Lipinski definition) is 2. The normalized spacial score (nSPS) is 19.5. The van der Waals surface area contributed by atoms with Gasteiger partial charge < -0.3 is 15.5 Å². The van der Waals surface area contributed by atoms with E-state index in [0.717, 1.165) is 11.3 Å². The second-order valence-corrected chi connectivity index (χ2v) is 4.22. The van der Waals surface area contributed by atoms with Crippen molar-refractivity contribution >= 4 is 17.5 Å². The van der Waals surface area contributed by atoms with Crippen molar-refractivity contribution in [1.29, 1.82) is 0 Å². The second kappa shape index (κ2) is 4.45. The number of carbonyl (C=O) groups excluding carboxylic acids is 2. The zero-order valence-electron chi connectivity index (χ0n) is 9.86. The number of piperazine rings is 1. The summed E-state index contributed by atoms with van der Waals surface area (Å²) in [4.78, 5) is 24.2. The molecule has 1 aromatic rings. The minimum Gasteiger partial charge on any atom is -0.378 e. The summed E-state index contributed by atoms with van der Waals surface area (Å²) in [6.07, 6.45) is 0. The molecule has 2 N–H and O–H groups in total. The Labute approximate surface area is 99.8 Å². The molecule has 0 aliphatic carbocycles. The molecular formula is C12H15N3O2. The average Bonchev–Trinajstić information content (AvgIpc) is 2.33. The van der Waals surface area contributed by atoms with Crippen molar-refractivity contribution in [3.05, 3.63) is 29.8 Å². The molecule has 0 radical (unpaired) electrons. The first-order valence-corrected chi connectivity index (χ1v) is 5.44. The van der Waals surface area contributed by atoms with E-state index >= 15 is 0 Å².